The third-order valence-electron chi connectivity index (χ3n) is 5.67. The fourth-order valence-electron chi connectivity index (χ4n) is 4.44. The maximum Gasteiger partial charge on any atom is 0.324 e. The molecule has 0 amide bonds. The number of carbonyl (C=O) groups is 1. The Kier molecular flexibility index (Phi) is 6.63. The summed E-state index contributed by atoms with van der Waals surface area (Å²) >= 11 is 0. The van der Waals surface area contributed by atoms with Gasteiger partial charge in [-0.1, -0.05) is 24.1 Å². The number of benzene rings is 1. The summed E-state index contributed by atoms with van der Waals surface area (Å²) in [7, 11) is -0.109. The zero-order chi connectivity index (χ0) is 21.2. The number of sulfonamides is 1. The van der Waals surface area contributed by atoms with Crippen molar-refractivity contribution >= 4 is 21.7 Å². The van der Waals surface area contributed by atoms with Gasteiger partial charge >= 0.3 is 5.97 Å². The van der Waals surface area contributed by atoms with Crippen LogP contribution in [-0.2, 0) is 19.6 Å². The molecule has 0 bridgehead atoms. The first kappa shape index (κ1) is 21.8. The Labute approximate surface area is 173 Å². The molecule has 7 nitrogen and oxygen atoms in total. The van der Waals surface area contributed by atoms with Crippen molar-refractivity contribution in [3.63, 3.8) is 0 Å². The molecular weight excluding hydrogens is 390 g/mol. The van der Waals surface area contributed by atoms with Gasteiger partial charge in [0.1, 0.15) is 6.04 Å². The van der Waals surface area contributed by atoms with Crippen molar-refractivity contribution in [2.45, 2.75) is 62.9 Å². The van der Waals surface area contributed by atoms with Gasteiger partial charge in [0, 0.05) is 31.8 Å². The Morgan fingerprint density at radius 1 is 1.24 bits per heavy atom. The molecule has 1 aromatic rings. The largest absolute Gasteiger partial charge is 0.465 e. The van der Waals surface area contributed by atoms with Gasteiger partial charge in [-0.25, -0.2) is 8.42 Å². The van der Waals surface area contributed by atoms with Crippen molar-refractivity contribution in [1.29, 1.82) is 0 Å². The molecule has 2 aliphatic rings. The molecule has 29 heavy (non-hydrogen) atoms. The van der Waals surface area contributed by atoms with Gasteiger partial charge in [0.15, 0.2) is 0 Å². The highest BCUT2D eigenvalue weighted by Gasteiger charge is 2.52. The topological polar surface area (TPSA) is 79.3 Å². The molecule has 1 heterocycles. The van der Waals surface area contributed by atoms with Crippen molar-refractivity contribution in [3.8, 4) is 0 Å². The Balaban J connectivity index is 2.07. The Bertz CT molecular complexity index is 864. The van der Waals surface area contributed by atoms with Crippen molar-refractivity contribution in [3.05, 3.63) is 29.8 Å². The highest BCUT2D eigenvalue weighted by molar-refractivity contribution is 7.89. The van der Waals surface area contributed by atoms with Gasteiger partial charge in [-0.3, -0.25) is 4.79 Å². The van der Waals surface area contributed by atoms with Gasteiger partial charge in [-0.2, -0.15) is 9.41 Å². The molecule has 0 spiro atoms. The molecule has 3 rings (SSSR count). The molecule has 0 radical (unpaired) electrons. The number of aryl methyl sites for hydroxylation is 1. The molecule has 1 aliphatic carbocycles. The predicted molar refractivity (Wildman–Crippen MR) is 112 cm³/mol. The van der Waals surface area contributed by atoms with Crippen molar-refractivity contribution < 1.29 is 17.9 Å². The summed E-state index contributed by atoms with van der Waals surface area (Å²) in [5.41, 5.74) is 1.97. The van der Waals surface area contributed by atoms with Crippen molar-refractivity contribution in [2.24, 2.45) is 11.0 Å². The lowest BCUT2D eigenvalue weighted by Gasteiger charge is -2.29. The zero-order valence-electron chi connectivity index (χ0n) is 17.7. The van der Waals surface area contributed by atoms with E-state index in [0.717, 1.165) is 37.0 Å². The van der Waals surface area contributed by atoms with Gasteiger partial charge in [0.05, 0.1) is 11.5 Å². The second-order valence-corrected chi connectivity index (χ2v) is 9.85. The summed E-state index contributed by atoms with van der Waals surface area (Å²) < 4.78 is 33.9. The molecule has 160 valence electrons. The monoisotopic (exact) mass is 421 g/mol. The number of hydrogen-bond donors (Lipinski definition) is 0. The van der Waals surface area contributed by atoms with E-state index in [1.165, 1.54) is 4.31 Å². The molecule has 1 saturated carbocycles. The first-order valence-electron chi connectivity index (χ1n) is 10.3. The number of carbonyl (C=O) groups excluding carboxylic acids is 1. The molecule has 2 fully saturated rings. The summed E-state index contributed by atoms with van der Waals surface area (Å²) in [6.07, 6.45) is 3.85. The van der Waals surface area contributed by atoms with Crippen molar-refractivity contribution in [1.82, 2.24) is 9.31 Å². The van der Waals surface area contributed by atoms with E-state index in [1.807, 2.05) is 21.0 Å². The molecular formula is C21H31N3O4S. The summed E-state index contributed by atoms with van der Waals surface area (Å²) in [5, 5.41) is 6.41. The fourth-order valence-corrected chi connectivity index (χ4v) is 6.28. The molecule has 8 heteroatoms. The third kappa shape index (κ3) is 4.48. The van der Waals surface area contributed by atoms with Crippen LogP contribution in [-0.4, -0.2) is 62.2 Å². The van der Waals surface area contributed by atoms with Crippen LogP contribution in [0, 0.1) is 12.8 Å². The van der Waals surface area contributed by atoms with E-state index in [9.17, 15) is 13.2 Å². The van der Waals surface area contributed by atoms with Crippen LogP contribution in [0.5, 0.6) is 0 Å². The van der Waals surface area contributed by atoms with Gasteiger partial charge in [-0.15, -0.1) is 0 Å². The molecule has 1 aliphatic heterocycles. The van der Waals surface area contributed by atoms with Crippen LogP contribution in [0.3, 0.4) is 0 Å². The summed E-state index contributed by atoms with van der Waals surface area (Å²) in [5.74, 6) is -0.546. The quantitative estimate of drug-likeness (QED) is 0.540. The van der Waals surface area contributed by atoms with Crippen LogP contribution in [0.1, 0.15) is 44.6 Å². The van der Waals surface area contributed by atoms with E-state index < -0.39 is 22.0 Å². The standard InChI is InChI=1S/C21H31N3O4S/c1-5-28-21(25)20-14-17-18(22-23(3)4)8-6-7-9-19(17)24(20)29(26,27)16-12-10-15(2)11-13-16/h10-13,17,19-20H,5-9,14H2,1-4H3/b22-18-/t17-,19+,20+/m0/s1. The van der Waals surface area contributed by atoms with E-state index in [-0.39, 0.29) is 23.5 Å². The van der Waals surface area contributed by atoms with E-state index in [1.54, 1.807) is 36.2 Å². The molecule has 0 N–H and O–H groups in total. The number of hydrazone groups is 1. The summed E-state index contributed by atoms with van der Waals surface area (Å²) in [4.78, 5) is 13.0. The average molecular weight is 422 g/mol. The van der Waals surface area contributed by atoms with E-state index in [2.05, 4.69) is 5.10 Å². The number of nitrogens with zero attached hydrogens (tertiary/aromatic N) is 3. The highest BCUT2D eigenvalue weighted by atomic mass is 32.2. The maximum atomic E-state index is 13.6. The predicted octanol–water partition coefficient (Wildman–Crippen LogP) is 2.80. The third-order valence-corrected chi connectivity index (χ3v) is 7.62. The molecule has 0 unspecified atom stereocenters. The zero-order valence-corrected chi connectivity index (χ0v) is 18.5. The Morgan fingerprint density at radius 2 is 1.93 bits per heavy atom. The Hall–Kier alpha value is -1.93. The number of hydrogen-bond acceptors (Lipinski definition) is 6. The van der Waals surface area contributed by atoms with Crippen LogP contribution < -0.4 is 0 Å². The highest BCUT2D eigenvalue weighted by Crippen LogP contribution is 2.41. The lowest BCUT2D eigenvalue weighted by Crippen LogP contribution is -2.46. The first-order valence-corrected chi connectivity index (χ1v) is 11.7. The minimum absolute atomic E-state index is 0.0745. The smallest absolute Gasteiger partial charge is 0.324 e. The number of ether oxygens (including phenoxy) is 1. The fraction of sp³-hybridized carbons (Fsp3) is 0.619. The molecule has 1 saturated heterocycles. The average Bonchev–Trinajstić information content (AvgIpc) is 2.95. The van der Waals surface area contributed by atoms with Gasteiger partial charge < -0.3 is 9.75 Å². The van der Waals surface area contributed by atoms with E-state index >= 15 is 0 Å². The molecule has 0 aromatic heterocycles. The van der Waals surface area contributed by atoms with E-state index in [4.69, 9.17) is 4.74 Å². The summed E-state index contributed by atoms with van der Waals surface area (Å²) in [6.45, 7) is 3.88. The number of fused-ring (bicyclic) bond motifs is 1. The second-order valence-electron chi connectivity index (χ2n) is 8.01. The van der Waals surface area contributed by atoms with Gasteiger partial charge in [-0.05, 0) is 51.7 Å². The number of rotatable bonds is 5. The van der Waals surface area contributed by atoms with Gasteiger partial charge in [0.2, 0.25) is 10.0 Å². The van der Waals surface area contributed by atoms with Crippen LogP contribution in [0.2, 0.25) is 0 Å². The number of esters is 1. The minimum Gasteiger partial charge on any atom is -0.465 e. The second kappa shape index (κ2) is 8.83. The van der Waals surface area contributed by atoms with E-state index in [0.29, 0.717) is 6.42 Å². The van der Waals surface area contributed by atoms with Crippen LogP contribution in [0.4, 0.5) is 0 Å². The summed E-state index contributed by atoms with van der Waals surface area (Å²) in [6, 6.07) is 5.70. The maximum absolute atomic E-state index is 13.6. The SMILES string of the molecule is CCOC(=O)[C@H]1C[C@H]2/C(=N\N(C)C)CCCC[C@H]2N1S(=O)(=O)c1ccc(C)cc1. The van der Waals surface area contributed by atoms with Crippen LogP contribution in [0.15, 0.2) is 34.3 Å². The Morgan fingerprint density at radius 3 is 2.55 bits per heavy atom. The van der Waals surface area contributed by atoms with Gasteiger partial charge in [0.25, 0.3) is 0 Å². The van der Waals surface area contributed by atoms with Crippen LogP contribution in [0.25, 0.3) is 0 Å². The first-order chi connectivity index (χ1) is 13.8. The molecule has 1 aromatic carbocycles. The lowest BCUT2D eigenvalue weighted by molar-refractivity contribution is -0.147. The minimum atomic E-state index is -3.84. The lowest BCUT2D eigenvalue weighted by atomic mass is 9.92. The normalized spacial score (nSPS) is 26.8. The van der Waals surface area contributed by atoms with Crippen molar-refractivity contribution in [2.75, 3.05) is 20.7 Å². The van der Waals surface area contributed by atoms with Crippen LogP contribution >= 0.6 is 0 Å². The molecule has 3 atom stereocenters.